The molecule has 0 saturated carbocycles. The molecule has 1 fully saturated rings. The molecule has 0 bridgehead atoms. The van der Waals surface area contributed by atoms with Gasteiger partial charge in [-0.05, 0) is 22.4 Å². The Balaban J connectivity index is 2.13. The fraction of sp³-hybridized carbons (Fsp3) is 0.294. The Hall–Kier alpha value is -1.60. The smallest absolute Gasteiger partial charge is 0.125 e. The third-order valence-corrected chi connectivity index (χ3v) is 4.20. The van der Waals surface area contributed by atoms with Crippen molar-refractivity contribution < 1.29 is 4.74 Å². The van der Waals surface area contributed by atoms with E-state index < -0.39 is 0 Å². The van der Waals surface area contributed by atoms with E-state index in [0.29, 0.717) is 0 Å². The van der Waals surface area contributed by atoms with Crippen molar-refractivity contribution in [2.24, 2.45) is 5.41 Å². The van der Waals surface area contributed by atoms with Crippen LogP contribution in [-0.4, -0.2) is 6.61 Å². The highest BCUT2D eigenvalue weighted by Crippen LogP contribution is 2.53. The minimum absolute atomic E-state index is 0.0462. The van der Waals surface area contributed by atoms with Crippen LogP contribution in [0.25, 0.3) is 10.8 Å². The molecule has 0 N–H and O–H groups in total. The van der Waals surface area contributed by atoms with Gasteiger partial charge in [0.2, 0.25) is 0 Å². The number of rotatable bonds is 3. The van der Waals surface area contributed by atoms with Gasteiger partial charge in [-0.15, -0.1) is 6.58 Å². The van der Waals surface area contributed by atoms with Gasteiger partial charge in [-0.2, -0.15) is 0 Å². The first-order valence-electron chi connectivity index (χ1n) is 6.36. The van der Waals surface area contributed by atoms with Crippen molar-refractivity contribution in [2.75, 3.05) is 6.61 Å². The number of fused-ring (bicyclic) bond motifs is 1. The zero-order chi connectivity index (χ0) is 12.8. The topological polar surface area (TPSA) is 12.5 Å². The van der Waals surface area contributed by atoms with Crippen molar-refractivity contribution in [2.45, 2.75) is 19.4 Å². The van der Waals surface area contributed by atoms with Gasteiger partial charge in [0.1, 0.15) is 5.60 Å². The van der Waals surface area contributed by atoms with Crippen LogP contribution < -0.4 is 0 Å². The fourth-order valence-electron chi connectivity index (χ4n) is 2.59. The molecule has 1 aliphatic heterocycles. The normalized spacial score (nSPS) is 23.0. The summed E-state index contributed by atoms with van der Waals surface area (Å²) in [6.07, 6.45) is 2.00. The van der Waals surface area contributed by atoms with Crippen LogP contribution in [0.3, 0.4) is 0 Å². The van der Waals surface area contributed by atoms with Crippen LogP contribution in [0.1, 0.15) is 19.4 Å². The molecule has 3 rings (SSSR count). The van der Waals surface area contributed by atoms with Crippen LogP contribution in [0.5, 0.6) is 0 Å². The van der Waals surface area contributed by atoms with Crippen LogP contribution in [0.15, 0.2) is 55.1 Å². The SMILES string of the molecule is C=CC(C)(C)C1(c2ccc3ccccc3c2)CO1. The first-order valence-corrected chi connectivity index (χ1v) is 6.36. The van der Waals surface area contributed by atoms with E-state index in [9.17, 15) is 0 Å². The summed E-state index contributed by atoms with van der Waals surface area (Å²) in [5.74, 6) is 0. The van der Waals surface area contributed by atoms with E-state index in [2.05, 4.69) is 62.9 Å². The van der Waals surface area contributed by atoms with Crippen molar-refractivity contribution in [1.29, 1.82) is 0 Å². The summed E-state index contributed by atoms with van der Waals surface area (Å²) in [6, 6.07) is 15.0. The van der Waals surface area contributed by atoms with Gasteiger partial charge in [-0.25, -0.2) is 0 Å². The summed E-state index contributed by atoms with van der Waals surface area (Å²) in [5, 5.41) is 2.54. The maximum Gasteiger partial charge on any atom is 0.125 e. The maximum atomic E-state index is 5.82. The highest BCUT2D eigenvalue weighted by molar-refractivity contribution is 5.83. The van der Waals surface area contributed by atoms with E-state index >= 15 is 0 Å². The zero-order valence-corrected chi connectivity index (χ0v) is 10.9. The second-order valence-corrected chi connectivity index (χ2v) is 5.60. The Morgan fingerprint density at radius 3 is 2.44 bits per heavy atom. The van der Waals surface area contributed by atoms with Gasteiger partial charge in [0, 0.05) is 5.41 Å². The van der Waals surface area contributed by atoms with Crippen molar-refractivity contribution in [3.63, 3.8) is 0 Å². The van der Waals surface area contributed by atoms with Gasteiger partial charge >= 0.3 is 0 Å². The van der Waals surface area contributed by atoms with E-state index in [1.165, 1.54) is 16.3 Å². The Kier molecular flexibility index (Phi) is 2.36. The van der Waals surface area contributed by atoms with Crippen LogP contribution in [0.2, 0.25) is 0 Å². The first kappa shape index (κ1) is 11.5. The summed E-state index contributed by atoms with van der Waals surface area (Å²) in [7, 11) is 0. The standard InChI is InChI=1S/C17H18O/c1-4-16(2,3)17(12-18-17)15-10-9-13-7-5-6-8-14(13)11-15/h4-11H,1,12H2,2-3H3. The molecule has 2 aromatic carbocycles. The van der Waals surface area contributed by atoms with Crippen molar-refractivity contribution in [3.05, 3.63) is 60.7 Å². The minimum Gasteiger partial charge on any atom is -0.364 e. The van der Waals surface area contributed by atoms with E-state index in [4.69, 9.17) is 4.74 Å². The number of hydrogen-bond acceptors (Lipinski definition) is 1. The minimum atomic E-state index is -0.182. The van der Waals surface area contributed by atoms with Crippen LogP contribution >= 0.6 is 0 Å². The molecule has 0 aromatic heterocycles. The molecule has 1 unspecified atom stereocenters. The summed E-state index contributed by atoms with van der Waals surface area (Å²) in [5.41, 5.74) is 1.03. The van der Waals surface area contributed by atoms with Gasteiger partial charge in [-0.1, -0.05) is 56.3 Å². The third kappa shape index (κ3) is 1.51. The molecule has 92 valence electrons. The average Bonchev–Trinajstić information content (AvgIpc) is 3.20. The monoisotopic (exact) mass is 238 g/mol. The van der Waals surface area contributed by atoms with Crippen LogP contribution in [-0.2, 0) is 10.3 Å². The Morgan fingerprint density at radius 2 is 1.83 bits per heavy atom. The second kappa shape index (κ2) is 3.69. The molecule has 0 aliphatic carbocycles. The maximum absolute atomic E-state index is 5.82. The molecular weight excluding hydrogens is 220 g/mol. The highest BCUT2D eigenvalue weighted by atomic mass is 16.6. The molecule has 0 amide bonds. The quantitative estimate of drug-likeness (QED) is 0.574. The summed E-state index contributed by atoms with van der Waals surface area (Å²) in [6.45, 7) is 9.09. The van der Waals surface area contributed by atoms with Crippen molar-refractivity contribution in [3.8, 4) is 0 Å². The molecule has 1 aliphatic rings. The lowest BCUT2D eigenvalue weighted by Gasteiger charge is -2.29. The van der Waals surface area contributed by atoms with E-state index in [0.717, 1.165) is 6.61 Å². The predicted molar refractivity (Wildman–Crippen MR) is 75.6 cm³/mol. The van der Waals surface area contributed by atoms with Crippen LogP contribution in [0, 0.1) is 5.41 Å². The van der Waals surface area contributed by atoms with Gasteiger partial charge < -0.3 is 4.74 Å². The number of hydrogen-bond donors (Lipinski definition) is 0. The average molecular weight is 238 g/mol. The molecule has 1 atom stereocenters. The molecule has 0 radical (unpaired) electrons. The molecule has 0 spiro atoms. The van der Waals surface area contributed by atoms with Crippen LogP contribution in [0.4, 0.5) is 0 Å². The molecule has 1 heteroatoms. The predicted octanol–water partition coefficient (Wildman–Crippen LogP) is 4.28. The summed E-state index contributed by atoms with van der Waals surface area (Å²) in [4.78, 5) is 0. The van der Waals surface area contributed by atoms with Gasteiger partial charge in [0.25, 0.3) is 0 Å². The van der Waals surface area contributed by atoms with Crippen molar-refractivity contribution >= 4 is 10.8 Å². The molecular formula is C17H18O. The number of epoxide rings is 1. The van der Waals surface area contributed by atoms with Gasteiger partial charge in [-0.3, -0.25) is 0 Å². The fourth-order valence-corrected chi connectivity index (χ4v) is 2.59. The lowest BCUT2D eigenvalue weighted by Crippen LogP contribution is -2.28. The number of benzene rings is 2. The lowest BCUT2D eigenvalue weighted by atomic mass is 9.74. The Labute approximate surface area is 108 Å². The molecule has 1 heterocycles. The Morgan fingerprint density at radius 1 is 1.17 bits per heavy atom. The van der Waals surface area contributed by atoms with E-state index in [1.807, 2.05) is 6.08 Å². The van der Waals surface area contributed by atoms with Gasteiger partial charge in [0.05, 0.1) is 6.61 Å². The molecule has 2 aromatic rings. The summed E-state index contributed by atoms with van der Waals surface area (Å²) < 4.78 is 5.82. The van der Waals surface area contributed by atoms with E-state index in [-0.39, 0.29) is 11.0 Å². The number of ether oxygens (including phenoxy) is 1. The largest absolute Gasteiger partial charge is 0.364 e. The highest BCUT2D eigenvalue weighted by Gasteiger charge is 2.56. The van der Waals surface area contributed by atoms with Crippen molar-refractivity contribution in [1.82, 2.24) is 0 Å². The molecule has 1 saturated heterocycles. The van der Waals surface area contributed by atoms with E-state index in [1.54, 1.807) is 0 Å². The molecule has 1 nitrogen and oxygen atoms in total. The second-order valence-electron chi connectivity index (χ2n) is 5.60. The van der Waals surface area contributed by atoms with Gasteiger partial charge in [0.15, 0.2) is 0 Å². The lowest BCUT2D eigenvalue weighted by molar-refractivity contribution is 0.183. The zero-order valence-electron chi connectivity index (χ0n) is 10.9. The first-order chi connectivity index (χ1) is 8.59. The molecule has 18 heavy (non-hydrogen) atoms. The third-order valence-electron chi connectivity index (χ3n) is 4.20. The summed E-state index contributed by atoms with van der Waals surface area (Å²) >= 11 is 0. The Bertz CT molecular complexity index is 606.